The Labute approximate surface area is 120 Å². The van der Waals surface area contributed by atoms with Gasteiger partial charge in [0.1, 0.15) is 5.82 Å². The van der Waals surface area contributed by atoms with Crippen LogP contribution < -0.4 is 5.32 Å². The third-order valence-corrected chi connectivity index (χ3v) is 2.58. The van der Waals surface area contributed by atoms with E-state index < -0.39 is 10.7 Å². The number of benzene rings is 1. The first kappa shape index (κ1) is 15.0. The molecule has 2 aromatic rings. The predicted molar refractivity (Wildman–Crippen MR) is 72.9 cm³/mol. The van der Waals surface area contributed by atoms with Crippen LogP contribution in [0.2, 0.25) is 0 Å². The minimum absolute atomic E-state index is 0.0447. The Hall–Kier alpha value is -2.35. The highest BCUT2D eigenvalue weighted by Gasteiger charge is 2.16. The highest BCUT2D eigenvalue weighted by Crippen LogP contribution is 2.24. The average molecular weight is 294 g/mol. The van der Waals surface area contributed by atoms with Gasteiger partial charge in [0, 0.05) is 17.2 Å². The second-order valence-corrected chi connectivity index (χ2v) is 5.56. The van der Waals surface area contributed by atoms with E-state index in [1.165, 1.54) is 6.07 Å². The van der Waals surface area contributed by atoms with Crippen molar-refractivity contribution in [3.8, 4) is 11.5 Å². The number of nitro groups is 1. The maximum Gasteiger partial charge on any atom is 0.273 e. The van der Waals surface area contributed by atoms with Crippen molar-refractivity contribution in [3.63, 3.8) is 0 Å². The van der Waals surface area contributed by atoms with Gasteiger partial charge in [-0.15, -0.1) is 10.2 Å². The summed E-state index contributed by atoms with van der Waals surface area (Å²) in [5, 5.41) is 21.5. The molecule has 8 heteroatoms. The first-order valence-electron chi connectivity index (χ1n) is 6.27. The lowest BCUT2D eigenvalue weighted by molar-refractivity contribution is -0.385. The van der Waals surface area contributed by atoms with Gasteiger partial charge >= 0.3 is 0 Å². The molecule has 1 N–H and O–H groups in total. The molecule has 0 saturated carbocycles. The van der Waals surface area contributed by atoms with Crippen molar-refractivity contribution in [2.75, 3.05) is 0 Å². The molecule has 0 atom stereocenters. The van der Waals surface area contributed by atoms with Crippen molar-refractivity contribution >= 4 is 5.69 Å². The summed E-state index contributed by atoms with van der Waals surface area (Å²) in [6.45, 7) is 6.31. The molecule has 21 heavy (non-hydrogen) atoms. The molecule has 0 amide bonds. The zero-order valence-electron chi connectivity index (χ0n) is 11.9. The lowest BCUT2D eigenvalue weighted by Gasteiger charge is -2.18. The van der Waals surface area contributed by atoms with Crippen LogP contribution in [0.25, 0.3) is 11.5 Å². The lowest BCUT2D eigenvalue weighted by Crippen LogP contribution is -2.35. The summed E-state index contributed by atoms with van der Waals surface area (Å²) in [6.07, 6.45) is 0. The Morgan fingerprint density at radius 2 is 2.05 bits per heavy atom. The van der Waals surface area contributed by atoms with Gasteiger partial charge in [-0.05, 0) is 26.8 Å². The molecule has 1 heterocycles. The van der Waals surface area contributed by atoms with Gasteiger partial charge in [0.2, 0.25) is 11.8 Å². The standard InChI is InChI=1S/C13H15FN4O3/c1-13(2,3)15-7-11-16-17-12(21-11)8-4-9(14)6-10(5-8)18(19)20/h4-6,15H,7H2,1-3H3. The Kier molecular flexibility index (Phi) is 3.99. The van der Waals surface area contributed by atoms with Gasteiger partial charge in [0.25, 0.3) is 5.69 Å². The maximum absolute atomic E-state index is 13.4. The van der Waals surface area contributed by atoms with Gasteiger partial charge in [-0.25, -0.2) is 4.39 Å². The van der Waals surface area contributed by atoms with Crippen LogP contribution >= 0.6 is 0 Å². The molecule has 0 saturated heterocycles. The maximum atomic E-state index is 13.4. The molecule has 0 radical (unpaired) electrons. The second kappa shape index (κ2) is 5.57. The summed E-state index contributed by atoms with van der Waals surface area (Å²) in [4.78, 5) is 10.0. The molecule has 0 bridgehead atoms. The third kappa shape index (κ3) is 4.06. The van der Waals surface area contributed by atoms with Crippen molar-refractivity contribution in [1.29, 1.82) is 0 Å². The minimum Gasteiger partial charge on any atom is -0.419 e. The molecule has 112 valence electrons. The molecule has 0 aliphatic heterocycles. The van der Waals surface area contributed by atoms with Gasteiger partial charge in [-0.3, -0.25) is 10.1 Å². The van der Waals surface area contributed by atoms with E-state index in [2.05, 4.69) is 15.5 Å². The van der Waals surface area contributed by atoms with Crippen molar-refractivity contribution in [3.05, 3.63) is 40.0 Å². The molecular weight excluding hydrogens is 279 g/mol. The minimum atomic E-state index is -0.730. The average Bonchev–Trinajstić information content (AvgIpc) is 2.83. The van der Waals surface area contributed by atoms with E-state index in [-0.39, 0.29) is 22.7 Å². The highest BCUT2D eigenvalue weighted by atomic mass is 19.1. The van der Waals surface area contributed by atoms with Crippen LogP contribution in [-0.4, -0.2) is 20.7 Å². The summed E-state index contributed by atoms with van der Waals surface area (Å²) in [6, 6.07) is 3.14. The fourth-order valence-electron chi connectivity index (χ4n) is 1.59. The molecule has 2 rings (SSSR count). The predicted octanol–water partition coefficient (Wildman–Crippen LogP) is 2.67. The molecule has 0 fully saturated rings. The molecule has 0 spiro atoms. The fourth-order valence-corrected chi connectivity index (χ4v) is 1.59. The van der Waals surface area contributed by atoms with E-state index in [1.54, 1.807) is 0 Å². The summed E-state index contributed by atoms with van der Waals surface area (Å²) < 4.78 is 18.8. The quantitative estimate of drug-likeness (QED) is 0.688. The van der Waals surface area contributed by atoms with E-state index >= 15 is 0 Å². The Balaban J connectivity index is 2.23. The zero-order valence-corrected chi connectivity index (χ0v) is 11.9. The second-order valence-electron chi connectivity index (χ2n) is 5.56. The Morgan fingerprint density at radius 3 is 2.67 bits per heavy atom. The van der Waals surface area contributed by atoms with Gasteiger partial charge in [-0.1, -0.05) is 0 Å². The summed E-state index contributed by atoms with van der Waals surface area (Å²) in [5.41, 5.74) is -0.305. The summed E-state index contributed by atoms with van der Waals surface area (Å²) >= 11 is 0. The van der Waals surface area contributed by atoms with Gasteiger partial charge < -0.3 is 9.73 Å². The molecular formula is C13H15FN4O3. The largest absolute Gasteiger partial charge is 0.419 e. The molecule has 0 aliphatic carbocycles. The number of hydrogen-bond acceptors (Lipinski definition) is 6. The van der Waals surface area contributed by atoms with Crippen molar-refractivity contribution in [2.24, 2.45) is 0 Å². The smallest absolute Gasteiger partial charge is 0.273 e. The first-order chi connectivity index (χ1) is 9.74. The van der Waals surface area contributed by atoms with Crippen LogP contribution in [0.15, 0.2) is 22.6 Å². The molecule has 0 unspecified atom stereocenters. The summed E-state index contributed by atoms with van der Waals surface area (Å²) in [7, 11) is 0. The normalized spacial score (nSPS) is 11.6. The van der Waals surface area contributed by atoms with E-state index in [0.29, 0.717) is 12.4 Å². The topological polar surface area (TPSA) is 94.1 Å². The summed E-state index contributed by atoms with van der Waals surface area (Å²) in [5.74, 6) is -0.359. The van der Waals surface area contributed by atoms with Gasteiger partial charge in [-0.2, -0.15) is 0 Å². The number of halogens is 1. The zero-order chi connectivity index (χ0) is 15.6. The number of nitro benzene ring substituents is 1. The number of non-ortho nitro benzene ring substituents is 1. The van der Waals surface area contributed by atoms with Crippen LogP contribution in [-0.2, 0) is 6.54 Å². The monoisotopic (exact) mass is 294 g/mol. The number of hydrogen-bond donors (Lipinski definition) is 1. The number of rotatable bonds is 4. The van der Waals surface area contributed by atoms with Crippen LogP contribution in [0, 0.1) is 15.9 Å². The van der Waals surface area contributed by atoms with Crippen LogP contribution in [0.3, 0.4) is 0 Å². The first-order valence-corrected chi connectivity index (χ1v) is 6.27. The van der Waals surface area contributed by atoms with Crippen molar-refractivity contribution < 1.29 is 13.7 Å². The number of aromatic nitrogens is 2. The fraction of sp³-hybridized carbons (Fsp3) is 0.385. The molecule has 7 nitrogen and oxygen atoms in total. The molecule has 1 aromatic carbocycles. The van der Waals surface area contributed by atoms with Gasteiger partial charge in [0.15, 0.2) is 0 Å². The lowest BCUT2D eigenvalue weighted by atomic mass is 10.1. The Bertz CT molecular complexity index is 664. The highest BCUT2D eigenvalue weighted by molar-refractivity contribution is 5.57. The Morgan fingerprint density at radius 1 is 1.33 bits per heavy atom. The van der Waals surface area contributed by atoms with Crippen LogP contribution in [0.5, 0.6) is 0 Å². The molecule has 0 aliphatic rings. The van der Waals surface area contributed by atoms with Crippen LogP contribution in [0.1, 0.15) is 26.7 Å². The molecule has 1 aromatic heterocycles. The van der Waals surface area contributed by atoms with E-state index in [1.807, 2.05) is 20.8 Å². The van der Waals surface area contributed by atoms with Crippen LogP contribution in [0.4, 0.5) is 10.1 Å². The third-order valence-electron chi connectivity index (χ3n) is 2.58. The number of nitrogens with zero attached hydrogens (tertiary/aromatic N) is 3. The SMILES string of the molecule is CC(C)(C)NCc1nnc(-c2cc(F)cc([N+](=O)[O-])c2)o1. The van der Waals surface area contributed by atoms with E-state index in [9.17, 15) is 14.5 Å². The number of nitrogens with one attached hydrogen (secondary N) is 1. The van der Waals surface area contributed by atoms with Crippen molar-refractivity contribution in [1.82, 2.24) is 15.5 Å². The van der Waals surface area contributed by atoms with E-state index in [4.69, 9.17) is 4.42 Å². The van der Waals surface area contributed by atoms with E-state index in [0.717, 1.165) is 12.1 Å². The van der Waals surface area contributed by atoms with Crippen molar-refractivity contribution in [2.45, 2.75) is 32.9 Å². The van der Waals surface area contributed by atoms with Gasteiger partial charge in [0.05, 0.1) is 17.5 Å².